The Balaban J connectivity index is 1.45. The van der Waals surface area contributed by atoms with Crippen molar-refractivity contribution < 1.29 is 23.8 Å². The summed E-state index contributed by atoms with van der Waals surface area (Å²) < 4.78 is 17.3. The molecular formula is C25H25N3O5. The number of aryl methyl sites for hydroxylation is 1. The van der Waals surface area contributed by atoms with E-state index in [9.17, 15) is 4.79 Å². The fourth-order valence-corrected chi connectivity index (χ4v) is 3.39. The van der Waals surface area contributed by atoms with Crippen LogP contribution in [0.15, 0.2) is 64.9 Å². The molecule has 2 aromatic rings. The molecule has 1 N–H and O–H groups in total. The first kappa shape index (κ1) is 22.1. The molecule has 0 saturated carbocycles. The van der Waals surface area contributed by atoms with Gasteiger partial charge in [-0.25, -0.2) is 0 Å². The Hall–Kier alpha value is -4.07. The monoisotopic (exact) mass is 447 g/mol. The Morgan fingerprint density at radius 3 is 2.67 bits per heavy atom. The lowest BCUT2D eigenvalue weighted by Crippen LogP contribution is -2.38. The molecule has 0 radical (unpaired) electrons. The van der Waals surface area contributed by atoms with E-state index in [2.05, 4.69) is 4.99 Å². The number of amidine groups is 2. The maximum Gasteiger partial charge on any atom is 0.282 e. The van der Waals surface area contributed by atoms with Gasteiger partial charge in [0.15, 0.2) is 23.2 Å². The predicted molar refractivity (Wildman–Crippen MR) is 125 cm³/mol. The van der Waals surface area contributed by atoms with E-state index < -0.39 is 5.91 Å². The Labute approximate surface area is 192 Å². The molecule has 0 aliphatic carbocycles. The number of hydrogen-bond acceptors (Lipinski definition) is 6. The zero-order valence-corrected chi connectivity index (χ0v) is 18.8. The molecule has 2 aliphatic rings. The van der Waals surface area contributed by atoms with Gasteiger partial charge in [-0.2, -0.15) is 4.99 Å². The van der Waals surface area contributed by atoms with Crippen LogP contribution in [0.5, 0.6) is 17.2 Å². The Morgan fingerprint density at radius 1 is 1.06 bits per heavy atom. The Morgan fingerprint density at radius 2 is 1.88 bits per heavy atom. The van der Waals surface area contributed by atoms with Crippen molar-refractivity contribution in [2.24, 2.45) is 4.99 Å². The maximum absolute atomic E-state index is 12.5. The number of hydroxylamine groups is 2. The summed E-state index contributed by atoms with van der Waals surface area (Å²) in [6, 6.07) is 13.2. The highest BCUT2D eigenvalue weighted by Gasteiger charge is 2.34. The van der Waals surface area contributed by atoms with Crippen molar-refractivity contribution in [2.75, 3.05) is 19.8 Å². The van der Waals surface area contributed by atoms with Crippen LogP contribution >= 0.6 is 0 Å². The lowest BCUT2D eigenvalue weighted by Gasteiger charge is -2.23. The number of ether oxygens (including phenoxy) is 3. The summed E-state index contributed by atoms with van der Waals surface area (Å²) in [5.74, 6) is 2.22. The third kappa shape index (κ3) is 5.06. The molecule has 4 rings (SSSR count). The quantitative estimate of drug-likeness (QED) is 0.479. The number of aliphatic imine (C=N–C) groups is 1. The molecule has 0 atom stereocenters. The highest BCUT2D eigenvalue weighted by Crippen LogP contribution is 2.30. The van der Waals surface area contributed by atoms with E-state index in [-0.39, 0.29) is 11.4 Å². The van der Waals surface area contributed by atoms with E-state index >= 15 is 0 Å². The zero-order chi connectivity index (χ0) is 23.4. The third-order valence-electron chi connectivity index (χ3n) is 4.86. The second-order valence-corrected chi connectivity index (χ2v) is 7.48. The molecule has 1 amide bonds. The van der Waals surface area contributed by atoms with Crippen molar-refractivity contribution in [3.63, 3.8) is 0 Å². The summed E-state index contributed by atoms with van der Waals surface area (Å²) in [5, 5.41) is 9.58. The van der Waals surface area contributed by atoms with Crippen LogP contribution in [-0.2, 0) is 9.63 Å². The van der Waals surface area contributed by atoms with Gasteiger partial charge in [-0.1, -0.05) is 18.2 Å². The van der Waals surface area contributed by atoms with Crippen LogP contribution in [0.2, 0.25) is 0 Å². The second kappa shape index (κ2) is 9.60. The zero-order valence-electron chi connectivity index (χ0n) is 18.8. The summed E-state index contributed by atoms with van der Waals surface area (Å²) in [4.78, 5) is 21.9. The number of amides is 1. The number of fused-ring (bicyclic) bond motifs is 1. The van der Waals surface area contributed by atoms with Crippen LogP contribution < -0.4 is 14.2 Å². The average Bonchev–Trinajstić information content (AvgIpc) is 3.16. The van der Waals surface area contributed by atoms with E-state index in [1.54, 1.807) is 37.3 Å². The molecule has 0 bridgehead atoms. The number of benzene rings is 2. The van der Waals surface area contributed by atoms with Crippen molar-refractivity contribution >= 4 is 23.7 Å². The van der Waals surface area contributed by atoms with Crippen LogP contribution in [0.3, 0.4) is 0 Å². The summed E-state index contributed by atoms with van der Waals surface area (Å²) in [6.45, 7) is 6.81. The topological polar surface area (TPSA) is 93.4 Å². The van der Waals surface area contributed by atoms with Gasteiger partial charge in [0, 0.05) is 6.08 Å². The van der Waals surface area contributed by atoms with E-state index in [1.807, 2.05) is 38.1 Å². The van der Waals surface area contributed by atoms with E-state index in [0.29, 0.717) is 48.5 Å². The number of nitrogens with zero attached hydrogens (tertiary/aromatic N) is 2. The van der Waals surface area contributed by atoms with Crippen LogP contribution in [0.4, 0.5) is 0 Å². The molecule has 0 unspecified atom stereocenters. The van der Waals surface area contributed by atoms with Crippen molar-refractivity contribution in [3.05, 3.63) is 71.0 Å². The van der Waals surface area contributed by atoms with Gasteiger partial charge in [0.2, 0.25) is 0 Å². The van der Waals surface area contributed by atoms with Gasteiger partial charge in [-0.15, -0.1) is 5.06 Å². The molecule has 8 nitrogen and oxygen atoms in total. The molecule has 2 heterocycles. The molecule has 8 heteroatoms. The molecule has 2 aromatic carbocycles. The molecular weight excluding hydrogens is 422 g/mol. The largest absolute Gasteiger partial charge is 0.490 e. The summed E-state index contributed by atoms with van der Waals surface area (Å²) in [7, 11) is 0. The minimum atomic E-state index is -0.493. The molecule has 170 valence electrons. The fraction of sp³-hybridized carbons (Fsp3) is 0.240. The minimum Gasteiger partial charge on any atom is -0.490 e. The van der Waals surface area contributed by atoms with Crippen LogP contribution in [-0.4, -0.2) is 42.5 Å². The number of carbonyl (C=O) groups is 1. The maximum atomic E-state index is 12.5. The predicted octanol–water partition coefficient (Wildman–Crippen LogP) is 4.30. The van der Waals surface area contributed by atoms with Gasteiger partial charge >= 0.3 is 0 Å². The van der Waals surface area contributed by atoms with Crippen molar-refractivity contribution in [3.8, 4) is 17.2 Å². The Kier molecular flexibility index (Phi) is 6.44. The molecule has 33 heavy (non-hydrogen) atoms. The summed E-state index contributed by atoms with van der Waals surface area (Å²) >= 11 is 0. The average molecular weight is 447 g/mol. The van der Waals surface area contributed by atoms with E-state index in [0.717, 1.165) is 11.3 Å². The first-order valence-corrected chi connectivity index (χ1v) is 10.6. The molecule has 2 aliphatic heterocycles. The normalized spacial score (nSPS) is 16.2. The number of allylic oxidation sites excluding steroid dienone is 1. The van der Waals surface area contributed by atoms with Gasteiger partial charge in [0.1, 0.15) is 24.7 Å². The van der Waals surface area contributed by atoms with E-state index in [4.69, 9.17) is 24.5 Å². The second-order valence-electron chi connectivity index (χ2n) is 7.48. The number of carbonyl (C=O) groups excluding carboxylic acids is 1. The first-order chi connectivity index (χ1) is 15.9. The molecule has 0 saturated heterocycles. The molecule has 0 fully saturated rings. The third-order valence-corrected chi connectivity index (χ3v) is 4.86. The van der Waals surface area contributed by atoms with E-state index in [1.165, 1.54) is 5.06 Å². The van der Waals surface area contributed by atoms with Crippen molar-refractivity contribution in [1.29, 1.82) is 5.41 Å². The summed E-state index contributed by atoms with van der Waals surface area (Å²) in [5.41, 5.74) is 1.94. The lowest BCUT2D eigenvalue weighted by atomic mass is 10.1. The highest BCUT2D eigenvalue weighted by atomic mass is 16.7. The van der Waals surface area contributed by atoms with Crippen molar-refractivity contribution in [2.45, 2.75) is 20.8 Å². The molecule has 0 spiro atoms. The summed E-state index contributed by atoms with van der Waals surface area (Å²) in [6.07, 6.45) is 3.21. The van der Waals surface area contributed by atoms with Crippen molar-refractivity contribution in [1.82, 2.24) is 5.06 Å². The standard InChI is InChI=1S/C25H25N3O5/c1-4-30-22-15-18(14-20-24(26)28-23(27-25(20)29)13-17(3)33-28)8-9-21(22)32-11-10-31-19-7-5-6-16(2)12-19/h5-9,12-15,26H,4,10-11H2,1-3H3/b20-14+,26-24?. The minimum absolute atomic E-state index is 0.0651. The van der Waals surface area contributed by atoms with Gasteiger partial charge in [0.25, 0.3) is 5.91 Å². The van der Waals surface area contributed by atoms with Crippen LogP contribution in [0.25, 0.3) is 6.08 Å². The van der Waals surface area contributed by atoms with Gasteiger partial charge < -0.3 is 19.0 Å². The first-order valence-electron chi connectivity index (χ1n) is 10.6. The molecule has 0 aromatic heterocycles. The smallest absolute Gasteiger partial charge is 0.282 e. The van der Waals surface area contributed by atoms with Gasteiger partial charge in [-0.05, 0) is 62.2 Å². The Bertz CT molecular complexity index is 1180. The lowest BCUT2D eigenvalue weighted by molar-refractivity contribution is -0.114. The highest BCUT2D eigenvalue weighted by molar-refractivity contribution is 6.32. The SMILES string of the molecule is CCOc1cc(/C=C2\C(=N)N3OC(C)=CC3=NC2=O)ccc1OCCOc1cccc(C)c1. The number of rotatable bonds is 8. The fourth-order valence-electron chi connectivity index (χ4n) is 3.39. The van der Waals surface area contributed by atoms with Gasteiger partial charge in [-0.3, -0.25) is 10.2 Å². The number of nitrogens with one attached hydrogen (secondary N) is 1. The number of hydrogen-bond donors (Lipinski definition) is 1. The van der Waals surface area contributed by atoms with Gasteiger partial charge in [0.05, 0.1) is 12.2 Å². The van der Waals surface area contributed by atoms with Crippen LogP contribution in [0, 0.1) is 12.3 Å². The van der Waals surface area contributed by atoms with Crippen LogP contribution in [0.1, 0.15) is 25.0 Å².